The third-order valence-corrected chi connectivity index (χ3v) is 5.21. The molecule has 28 heavy (non-hydrogen) atoms. The number of nitrogens with zero attached hydrogens (tertiary/aromatic N) is 2. The Labute approximate surface area is 162 Å². The highest BCUT2D eigenvalue weighted by atomic mass is 16.5. The van der Waals surface area contributed by atoms with E-state index < -0.39 is 0 Å². The fraction of sp³-hybridized carbons (Fsp3) is 0.450. The van der Waals surface area contributed by atoms with Gasteiger partial charge in [-0.3, -0.25) is 9.59 Å². The van der Waals surface area contributed by atoms with Crippen LogP contribution in [-0.2, 0) is 11.2 Å². The number of hydrazone groups is 1. The van der Waals surface area contributed by atoms with Crippen LogP contribution in [-0.4, -0.2) is 48.7 Å². The lowest BCUT2D eigenvalue weighted by Gasteiger charge is -2.26. The summed E-state index contributed by atoms with van der Waals surface area (Å²) in [4.78, 5) is 26.9. The Morgan fingerprint density at radius 2 is 1.96 bits per heavy atom. The van der Waals surface area contributed by atoms with Gasteiger partial charge in [0.25, 0.3) is 11.8 Å². The fourth-order valence-electron chi connectivity index (χ4n) is 3.69. The lowest BCUT2D eigenvalue weighted by Crippen LogP contribution is -2.40. The molecule has 2 aromatic rings. The Kier molecular flexibility index (Phi) is 5.04. The molecule has 2 amide bonds. The Hall–Kier alpha value is -2.87. The molecule has 8 nitrogen and oxygen atoms in total. The summed E-state index contributed by atoms with van der Waals surface area (Å²) in [5, 5.41) is 4.34. The molecule has 0 bridgehead atoms. The maximum atomic E-state index is 12.9. The molecule has 1 aliphatic heterocycles. The molecule has 1 N–H and O–H groups in total. The number of amides is 2. The first-order valence-corrected chi connectivity index (χ1v) is 9.47. The second-order valence-corrected chi connectivity index (χ2v) is 7.00. The van der Waals surface area contributed by atoms with Gasteiger partial charge in [-0.05, 0) is 32.8 Å². The molecule has 2 aromatic heterocycles. The average molecular weight is 385 g/mol. The highest BCUT2D eigenvalue weighted by Gasteiger charge is 2.30. The largest absolute Gasteiger partial charge is 0.469 e. The zero-order valence-corrected chi connectivity index (χ0v) is 16.0. The van der Waals surface area contributed by atoms with Crippen LogP contribution in [0.2, 0.25) is 0 Å². The molecule has 3 heterocycles. The lowest BCUT2D eigenvalue weighted by atomic mass is 9.93. The van der Waals surface area contributed by atoms with Crippen molar-refractivity contribution >= 4 is 17.5 Å². The zero-order valence-electron chi connectivity index (χ0n) is 16.0. The molecular weight excluding hydrogens is 362 g/mol. The number of morpholine rings is 1. The molecule has 1 fully saturated rings. The first-order chi connectivity index (χ1) is 13.6. The number of rotatable bonds is 3. The number of fused-ring (bicyclic) bond motifs is 1. The zero-order chi connectivity index (χ0) is 19.7. The maximum Gasteiger partial charge on any atom is 0.290 e. The van der Waals surface area contributed by atoms with Crippen LogP contribution in [0.15, 0.2) is 26.3 Å². The summed E-state index contributed by atoms with van der Waals surface area (Å²) >= 11 is 0. The normalized spacial score (nSPS) is 18.2. The van der Waals surface area contributed by atoms with Crippen molar-refractivity contribution in [3.63, 3.8) is 0 Å². The summed E-state index contributed by atoms with van der Waals surface area (Å²) in [5.74, 6) is 1.22. The molecule has 1 saturated heterocycles. The summed E-state index contributed by atoms with van der Waals surface area (Å²) in [5.41, 5.74) is 5.40. The van der Waals surface area contributed by atoms with Crippen LogP contribution in [0.3, 0.4) is 0 Å². The minimum absolute atomic E-state index is 0.118. The van der Waals surface area contributed by atoms with Crippen LogP contribution in [0.4, 0.5) is 0 Å². The summed E-state index contributed by atoms with van der Waals surface area (Å²) in [7, 11) is 0. The summed E-state index contributed by atoms with van der Waals surface area (Å²) in [6, 6.07) is 1.61. The third kappa shape index (κ3) is 3.35. The van der Waals surface area contributed by atoms with Crippen LogP contribution < -0.4 is 5.43 Å². The molecule has 148 valence electrons. The van der Waals surface area contributed by atoms with Crippen LogP contribution in [0.25, 0.3) is 0 Å². The number of ether oxygens (including phenoxy) is 1. The van der Waals surface area contributed by atoms with E-state index in [-0.39, 0.29) is 11.8 Å². The van der Waals surface area contributed by atoms with E-state index in [1.165, 1.54) is 6.26 Å². The number of carbonyl (C=O) groups excluding carboxylic acids is 2. The Balaban J connectivity index is 1.58. The average Bonchev–Trinajstić information content (AvgIpc) is 3.30. The smallest absolute Gasteiger partial charge is 0.290 e. The van der Waals surface area contributed by atoms with Crippen LogP contribution >= 0.6 is 0 Å². The molecule has 0 saturated carbocycles. The highest BCUT2D eigenvalue weighted by Crippen LogP contribution is 2.30. The summed E-state index contributed by atoms with van der Waals surface area (Å²) in [6.45, 7) is 5.80. The number of furan rings is 2. The van der Waals surface area contributed by atoms with E-state index >= 15 is 0 Å². The Morgan fingerprint density at radius 3 is 2.68 bits per heavy atom. The van der Waals surface area contributed by atoms with E-state index in [4.69, 9.17) is 13.6 Å². The molecule has 1 aliphatic carbocycles. The molecule has 0 aromatic carbocycles. The fourth-order valence-corrected chi connectivity index (χ4v) is 3.69. The Bertz CT molecular complexity index is 934. The predicted molar refractivity (Wildman–Crippen MR) is 101 cm³/mol. The van der Waals surface area contributed by atoms with Crippen LogP contribution in [0, 0.1) is 13.8 Å². The monoisotopic (exact) mass is 385 g/mol. The van der Waals surface area contributed by atoms with Gasteiger partial charge in [0.15, 0.2) is 5.76 Å². The maximum absolute atomic E-state index is 12.9. The molecule has 0 unspecified atom stereocenters. The lowest BCUT2D eigenvalue weighted by molar-refractivity contribution is 0.0281. The first-order valence-electron chi connectivity index (χ1n) is 9.47. The molecule has 0 spiro atoms. The van der Waals surface area contributed by atoms with Crippen molar-refractivity contribution < 1.29 is 23.2 Å². The van der Waals surface area contributed by atoms with Crippen LogP contribution in [0.5, 0.6) is 0 Å². The number of carbonyl (C=O) groups is 2. The predicted octanol–water partition coefficient (Wildman–Crippen LogP) is 2.43. The minimum atomic E-state index is -0.323. The second-order valence-electron chi connectivity index (χ2n) is 7.00. The van der Waals surface area contributed by atoms with E-state index in [0.717, 1.165) is 35.4 Å². The van der Waals surface area contributed by atoms with Crippen molar-refractivity contribution in [1.82, 2.24) is 10.3 Å². The number of hydrogen-bond acceptors (Lipinski definition) is 6. The van der Waals surface area contributed by atoms with Gasteiger partial charge in [0, 0.05) is 30.6 Å². The van der Waals surface area contributed by atoms with E-state index in [2.05, 4.69) is 10.5 Å². The Morgan fingerprint density at radius 1 is 1.18 bits per heavy atom. The number of nitrogens with one attached hydrogen (secondary N) is 1. The molecule has 2 aliphatic rings. The molecular formula is C20H23N3O5. The van der Waals surface area contributed by atoms with Gasteiger partial charge in [-0.1, -0.05) is 0 Å². The van der Waals surface area contributed by atoms with Gasteiger partial charge in [-0.2, -0.15) is 5.10 Å². The number of hydrogen-bond donors (Lipinski definition) is 1. The van der Waals surface area contributed by atoms with Crippen LogP contribution in [0.1, 0.15) is 56.4 Å². The van der Waals surface area contributed by atoms with Crippen molar-refractivity contribution in [3.8, 4) is 0 Å². The third-order valence-electron chi connectivity index (χ3n) is 5.21. The molecule has 8 heteroatoms. The van der Waals surface area contributed by atoms with E-state index in [9.17, 15) is 9.59 Å². The topological polar surface area (TPSA) is 97.3 Å². The van der Waals surface area contributed by atoms with Gasteiger partial charge in [-0.25, -0.2) is 5.43 Å². The summed E-state index contributed by atoms with van der Waals surface area (Å²) < 4.78 is 16.4. The number of aryl methyl sites for hydroxylation is 2. The highest BCUT2D eigenvalue weighted by molar-refractivity contribution is 6.07. The first kappa shape index (κ1) is 18.5. The molecule has 4 rings (SSSR count). The van der Waals surface area contributed by atoms with Gasteiger partial charge in [0.1, 0.15) is 11.5 Å². The van der Waals surface area contributed by atoms with Crippen molar-refractivity contribution in [1.29, 1.82) is 0 Å². The van der Waals surface area contributed by atoms with Crippen molar-refractivity contribution in [2.75, 3.05) is 26.3 Å². The van der Waals surface area contributed by atoms with Gasteiger partial charge in [0.2, 0.25) is 0 Å². The van der Waals surface area contributed by atoms with Crippen molar-refractivity contribution in [2.24, 2.45) is 5.10 Å². The summed E-state index contributed by atoms with van der Waals surface area (Å²) in [6.07, 6.45) is 3.79. The van der Waals surface area contributed by atoms with Crippen molar-refractivity contribution in [2.45, 2.75) is 33.1 Å². The SMILES string of the molecule is Cc1occc1C(=O)N/N=C1\CCCc2oc(C(=O)N3CCOCC3)c(C)c21. The quantitative estimate of drug-likeness (QED) is 0.819. The second kappa shape index (κ2) is 7.63. The van der Waals surface area contributed by atoms with E-state index in [1.54, 1.807) is 17.9 Å². The van der Waals surface area contributed by atoms with Gasteiger partial charge in [-0.15, -0.1) is 0 Å². The van der Waals surface area contributed by atoms with Gasteiger partial charge < -0.3 is 18.5 Å². The van der Waals surface area contributed by atoms with Gasteiger partial charge in [0.05, 0.1) is 30.8 Å². The minimum Gasteiger partial charge on any atom is -0.469 e. The molecule has 0 atom stereocenters. The van der Waals surface area contributed by atoms with Crippen molar-refractivity contribution in [3.05, 3.63) is 46.3 Å². The van der Waals surface area contributed by atoms with E-state index in [0.29, 0.717) is 49.8 Å². The van der Waals surface area contributed by atoms with Gasteiger partial charge >= 0.3 is 0 Å². The molecule has 0 radical (unpaired) electrons. The van der Waals surface area contributed by atoms with E-state index in [1.807, 2.05) is 6.92 Å². The standard InChI is InChI=1S/C20H23N3O5/c1-12-17-15(21-22-19(24)14-6-9-27-13(14)2)4-3-5-16(17)28-18(12)20(25)23-7-10-26-11-8-23/h6,9H,3-5,7-8,10-11H2,1-2H3,(H,22,24)/b21-15+.